The van der Waals surface area contributed by atoms with E-state index in [9.17, 15) is 39.6 Å². The first-order valence-electron chi connectivity index (χ1n) is 13.5. The Balaban J connectivity index is 1.36. The minimum Gasteiger partial charge on any atom is -0.504 e. The van der Waals surface area contributed by atoms with E-state index in [0.717, 1.165) is 44.8 Å². The number of thiazole rings is 1. The summed E-state index contributed by atoms with van der Waals surface area (Å²) in [6.45, 7) is 1.65. The van der Waals surface area contributed by atoms with E-state index in [-0.39, 0.29) is 50.4 Å². The number of fused-ring (bicyclic) bond motifs is 1. The van der Waals surface area contributed by atoms with Gasteiger partial charge >= 0.3 is 17.1 Å². The molecule has 2 aromatic heterocycles. The molecule has 0 aliphatic carbocycles. The molecule has 22 heteroatoms. The molecule has 5 rings (SSSR count). The zero-order valence-electron chi connectivity index (χ0n) is 24.6. The maximum atomic E-state index is 13.5. The third-order valence-electron chi connectivity index (χ3n) is 7.12. The molecule has 0 bridgehead atoms. The van der Waals surface area contributed by atoms with Crippen molar-refractivity contribution in [3.63, 3.8) is 0 Å². The molecule has 1 saturated heterocycles. The van der Waals surface area contributed by atoms with Gasteiger partial charge in [-0.15, -0.1) is 27.8 Å². The second-order valence-electron chi connectivity index (χ2n) is 10.1. The van der Waals surface area contributed by atoms with Gasteiger partial charge < -0.3 is 47.8 Å². The fourth-order valence-electron chi connectivity index (χ4n) is 4.57. The Bertz CT molecular complexity index is 1920. The van der Waals surface area contributed by atoms with Crippen LogP contribution in [-0.2, 0) is 24.0 Å². The molecular weight excluding hydrogens is 693 g/mol. The largest absolute Gasteiger partial charge is 0.504 e. The van der Waals surface area contributed by atoms with Gasteiger partial charge in [0.05, 0.1) is 5.56 Å². The number of phenolic OH excluding ortho intramolecular Hbond substituents is 2. The summed E-state index contributed by atoms with van der Waals surface area (Å²) >= 11 is 3.23. The molecule has 2 unspecified atom stereocenters. The van der Waals surface area contributed by atoms with Crippen molar-refractivity contribution < 1.29 is 49.1 Å². The predicted octanol–water partition coefficient (Wildman–Crippen LogP) is -0.917. The third kappa shape index (κ3) is 6.39. The van der Waals surface area contributed by atoms with E-state index in [1.807, 2.05) is 0 Å². The number of aromatic nitrogens is 3. The van der Waals surface area contributed by atoms with Gasteiger partial charge in [0.2, 0.25) is 17.7 Å². The number of anilines is 3. The van der Waals surface area contributed by atoms with E-state index in [0.29, 0.717) is 11.1 Å². The second kappa shape index (κ2) is 13.3. The van der Waals surface area contributed by atoms with Crippen molar-refractivity contribution in [3.8, 4) is 11.5 Å². The summed E-state index contributed by atoms with van der Waals surface area (Å²) in [5.74, 6) is 0.851. The summed E-state index contributed by atoms with van der Waals surface area (Å²) in [5, 5.41) is 46.2. The highest BCUT2D eigenvalue weighted by Gasteiger charge is 2.54. The highest BCUT2D eigenvalue weighted by atomic mass is 32.2. The Morgan fingerprint density at radius 3 is 2.56 bits per heavy atom. The topological polar surface area (TPSA) is 320 Å². The highest BCUT2D eigenvalue weighted by Crippen LogP contribution is 2.41. The number of hydrogen-bond acceptors (Lipinski definition) is 17. The number of nitrogens with one attached hydrogen (secondary N) is 1. The highest BCUT2D eigenvalue weighted by molar-refractivity contribution is 8.01. The van der Waals surface area contributed by atoms with E-state index in [2.05, 4.69) is 20.4 Å². The number of hydrogen-bond donors (Lipinski definition) is 9. The third-order valence-corrected chi connectivity index (χ3v) is 10.2. The van der Waals surface area contributed by atoms with Gasteiger partial charge in [-0.2, -0.15) is 0 Å². The molecule has 3 aromatic rings. The van der Waals surface area contributed by atoms with E-state index in [1.165, 1.54) is 23.2 Å². The Kier molecular flexibility index (Phi) is 9.40. The molecular formula is C26H27N10O9S3+. The lowest BCUT2D eigenvalue weighted by Gasteiger charge is -2.49. The van der Waals surface area contributed by atoms with Crippen LogP contribution in [0.1, 0.15) is 22.9 Å². The number of rotatable bonds is 11. The number of nitrogen functional groups attached to an aromatic ring is 4. The Morgan fingerprint density at radius 1 is 1.21 bits per heavy atom. The minimum atomic E-state index is -1.83. The van der Waals surface area contributed by atoms with E-state index in [1.54, 1.807) is 6.92 Å². The summed E-state index contributed by atoms with van der Waals surface area (Å²) in [7, 11) is 0. The lowest BCUT2D eigenvalue weighted by atomic mass is 10.0. The van der Waals surface area contributed by atoms with Crippen LogP contribution < -0.4 is 33.0 Å². The first-order valence-corrected chi connectivity index (χ1v) is 16.4. The lowest BCUT2D eigenvalue weighted by Crippen LogP contribution is -2.71. The van der Waals surface area contributed by atoms with Gasteiger partial charge in [0.15, 0.2) is 22.3 Å². The summed E-state index contributed by atoms with van der Waals surface area (Å²) < 4.78 is 1.13. The Hall–Kier alpha value is -5.48. The second-order valence-corrected chi connectivity index (χ2v) is 13.1. The van der Waals surface area contributed by atoms with Crippen molar-refractivity contribution in [3.05, 3.63) is 51.7 Å². The van der Waals surface area contributed by atoms with Crippen LogP contribution in [0.5, 0.6) is 11.5 Å². The number of thioether (sulfide) groups is 2. The van der Waals surface area contributed by atoms with Crippen molar-refractivity contribution in [2.45, 2.75) is 29.6 Å². The first kappa shape index (κ1) is 33.9. The molecule has 1 aromatic carbocycles. The molecule has 48 heavy (non-hydrogen) atoms. The predicted molar refractivity (Wildman–Crippen MR) is 173 cm³/mol. The van der Waals surface area contributed by atoms with Gasteiger partial charge in [0.25, 0.3) is 11.8 Å². The Labute approximate surface area is 282 Å². The standard InChI is InChI=1S/C26H26N10O9S3/c1-8-18(27)33-26(36(30)19(8)28)48-6-10-5-46-22-15(21(40)35(22)16(10)23(41)42)32-20(39)14(11-7-47-25(29)31-11)34-45-17(24(43)44)9-2-3-12(37)13(38)4-9/h2-4,7,15,17,22H,5-6,30H2,1H3,(H10,27,28,29,31,32,34,37,38,39,41,42,43,44)/p+1/t15?,17?,22-/m1/s1. The number of aromatic hydroxyl groups is 2. The SMILES string of the molecule is Cc1c(N)nc(SCC2=C(C(=O)O)N3C(=O)C(NC(=O)/C(=N\OC(C(=O)O)c4ccc(O)c(O)c4)c4csc(N)n4)[C@H]3SC2)[n+](N)c1N. The molecule has 0 radical (unpaired) electrons. The zero-order valence-corrected chi connectivity index (χ0v) is 27.0. The number of nitrogens with zero attached hydrogens (tertiary/aromatic N) is 5. The summed E-state index contributed by atoms with van der Waals surface area (Å²) in [5.41, 5.74) is 17.5. The normalized spacial score (nSPS) is 18.1. The molecule has 1 fully saturated rings. The minimum absolute atomic E-state index is 0.0467. The van der Waals surface area contributed by atoms with Crippen LogP contribution in [0.25, 0.3) is 0 Å². The summed E-state index contributed by atoms with van der Waals surface area (Å²) in [6, 6.07) is 1.97. The van der Waals surface area contributed by atoms with E-state index < -0.39 is 58.5 Å². The van der Waals surface area contributed by atoms with E-state index >= 15 is 0 Å². The number of aliphatic carboxylic acids is 2. The fourth-order valence-corrected chi connectivity index (χ4v) is 7.54. The van der Waals surface area contributed by atoms with Gasteiger partial charge in [0.1, 0.15) is 22.8 Å². The van der Waals surface area contributed by atoms with Gasteiger partial charge in [-0.05, 0) is 36.4 Å². The number of phenols is 2. The molecule has 0 saturated carbocycles. The van der Waals surface area contributed by atoms with Crippen LogP contribution >= 0.6 is 34.9 Å². The monoisotopic (exact) mass is 719 g/mol. The average molecular weight is 720 g/mol. The molecule has 19 nitrogen and oxygen atoms in total. The summed E-state index contributed by atoms with van der Waals surface area (Å²) in [4.78, 5) is 65.5. The molecule has 2 amide bonds. The molecule has 0 spiro atoms. The molecule has 2 aliphatic rings. The van der Waals surface area contributed by atoms with Crippen molar-refractivity contribution in [1.29, 1.82) is 0 Å². The van der Waals surface area contributed by atoms with Crippen molar-refractivity contribution in [1.82, 2.24) is 20.2 Å². The van der Waals surface area contributed by atoms with Crippen molar-refractivity contribution in [2.24, 2.45) is 5.16 Å². The van der Waals surface area contributed by atoms with Crippen LogP contribution in [0.4, 0.5) is 16.8 Å². The number of carboxylic acid groups (broad SMARTS) is 2. The maximum absolute atomic E-state index is 13.5. The van der Waals surface area contributed by atoms with Crippen molar-refractivity contribution in [2.75, 3.05) is 34.5 Å². The zero-order chi connectivity index (χ0) is 35.0. The van der Waals surface area contributed by atoms with Gasteiger partial charge in [-0.3, -0.25) is 20.3 Å². The number of carbonyl (C=O) groups excluding carboxylic acids is 2. The van der Waals surface area contributed by atoms with Crippen LogP contribution in [0.3, 0.4) is 0 Å². The van der Waals surface area contributed by atoms with Gasteiger partial charge in [0, 0.05) is 22.4 Å². The van der Waals surface area contributed by atoms with Crippen LogP contribution in [0, 0.1) is 6.92 Å². The Morgan fingerprint density at radius 2 is 1.94 bits per heavy atom. The number of β-lactam (4-membered cyclic amide) rings is 1. The quantitative estimate of drug-likeness (QED) is 0.0169. The number of carboxylic acids is 2. The number of carbonyl (C=O) groups is 4. The molecule has 252 valence electrons. The maximum Gasteiger partial charge on any atom is 0.352 e. The van der Waals surface area contributed by atoms with Crippen molar-refractivity contribution >= 4 is 81.1 Å². The molecule has 3 atom stereocenters. The number of oxime groups is 1. The first-order chi connectivity index (χ1) is 22.7. The fraction of sp³-hybridized carbons (Fsp3) is 0.231. The lowest BCUT2D eigenvalue weighted by molar-refractivity contribution is -0.667. The number of nitrogens with two attached hydrogens (primary N) is 4. The van der Waals surface area contributed by atoms with Crippen LogP contribution in [0.15, 0.2) is 45.2 Å². The number of benzene rings is 1. The van der Waals surface area contributed by atoms with Crippen LogP contribution in [-0.4, -0.2) is 87.7 Å². The van der Waals surface area contributed by atoms with Gasteiger partial charge in [-0.25, -0.2) is 14.6 Å². The number of amides is 2. The average Bonchev–Trinajstić information content (AvgIpc) is 3.47. The summed E-state index contributed by atoms with van der Waals surface area (Å²) in [6.07, 6.45) is -1.83. The molecule has 13 N–H and O–H groups in total. The van der Waals surface area contributed by atoms with E-state index in [4.69, 9.17) is 27.9 Å². The smallest absolute Gasteiger partial charge is 0.352 e. The molecule has 2 aliphatic heterocycles. The molecule has 4 heterocycles. The van der Waals surface area contributed by atoms with Crippen LogP contribution in [0.2, 0.25) is 0 Å². The van der Waals surface area contributed by atoms with Gasteiger partial charge in [-0.1, -0.05) is 16.2 Å².